The largest absolute Gasteiger partial charge is 0.369 e. The van der Waals surface area contributed by atoms with Gasteiger partial charge in [-0.15, -0.1) is 0 Å². The Morgan fingerprint density at radius 1 is 1.25 bits per heavy atom. The summed E-state index contributed by atoms with van der Waals surface area (Å²) in [4.78, 5) is 4.24. The highest BCUT2D eigenvalue weighted by Gasteiger charge is 2.10. The van der Waals surface area contributed by atoms with Crippen LogP contribution in [-0.2, 0) is 6.54 Å². The molecule has 0 fully saturated rings. The molecule has 0 unspecified atom stereocenters. The van der Waals surface area contributed by atoms with Crippen LogP contribution in [0.5, 0.6) is 0 Å². The summed E-state index contributed by atoms with van der Waals surface area (Å²) in [5, 5.41) is 0. The molecule has 0 amide bonds. The van der Waals surface area contributed by atoms with Crippen LogP contribution in [0, 0.1) is 12.7 Å². The lowest BCUT2D eigenvalue weighted by Crippen LogP contribution is -2.03. The van der Waals surface area contributed by atoms with Crippen LogP contribution >= 0.6 is 11.8 Å². The van der Waals surface area contributed by atoms with Crippen molar-refractivity contribution in [2.24, 2.45) is 0 Å². The van der Waals surface area contributed by atoms with E-state index in [4.69, 9.17) is 5.73 Å². The molecule has 2 aromatic rings. The van der Waals surface area contributed by atoms with Gasteiger partial charge in [-0.2, -0.15) is 11.8 Å². The highest BCUT2D eigenvalue weighted by molar-refractivity contribution is 7.98. The number of imidazole rings is 1. The normalized spacial score (nSPS) is 11.3. The third-order valence-corrected chi connectivity index (χ3v) is 4.24. The minimum atomic E-state index is -0.223. The van der Waals surface area contributed by atoms with Gasteiger partial charge in [-0.05, 0) is 43.4 Å². The second-order valence-electron chi connectivity index (χ2n) is 5.12. The Balaban J connectivity index is 2.02. The summed E-state index contributed by atoms with van der Waals surface area (Å²) in [6, 6.07) is 3.30. The summed E-state index contributed by atoms with van der Waals surface area (Å²) in [5.41, 5.74) is 8.16. The predicted molar refractivity (Wildman–Crippen MR) is 85.7 cm³/mol. The SMILES string of the molecule is CSCCCCCCn1c(N)nc2cc(F)c(C)cc21. The van der Waals surface area contributed by atoms with E-state index in [-0.39, 0.29) is 5.82 Å². The molecule has 0 atom stereocenters. The number of nitrogen functional groups attached to an aromatic ring is 1. The maximum absolute atomic E-state index is 13.5. The van der Waals surface area contributed by atoms with Gasteiger partial charge in [0, 0.05) is 12.6 Å². The molecule has 0 aliphatic carbocycles. The number of aryl methyl sites for hydroxylation is 2. The summed E-state index contributed by atoms with van der Waals surface area (Å²) >= 11 is 1.89. The third kappa shape index (κ3) is 3.45. The second-order valence-corrected chi connectivity index (χ2v) is 6.10. The lowest BCUT2D eigenvalue weighted by molar-refractivity contribution is 0.596. The predicted octanol–water partition coefficient (Wildman–Crippen LogP) is 3.99. The minimum Gasteiger partial charge on any atom is -0.369 e. The smallest absolute Gasteiger partial charge is 0.201 e. The maximum Gasteiger partial charge on any atom is 0.201 e. The number of hydrogen-bond acceptors (Lipinski definition) is 3. The van der Waals surface area contributed by atoms with Crippen molar-refractivity contribution in [2.75, 3.05) is 17.7 Å². The molecule has 0 aliphatic heterocycles. The molecule has 1 heterocycles. The van der Waals surface area contributed by atoms with Crippen molar-refractivity contribution in [1.29, 1.82) is 0 Å². The van der Waals surface area contributed by atoms with E-state index in [1.807, 2.05) is 22.4 Å². The fourth-order valence-electron chi connectivity index (χ4n) is 2.37. The van der Waals surface area contributed by atoms with Crippen molar-refractivity contribution in [3.8, 4) is 0 Å². The van der Waals surface area contributed by atoms with Crippen LogP contribution in [0.1, 0.15) is 31.2 Å². The standard InChI is InChI=1S/C15H22FN3S/c1-11-9-14-13(10-12(11)16)18-15(17)19(14)7-5-3-4-6-8-20-2/h9-10H,3-8H2,1-2H3,(H2,17,18). The molecular weight excluding hydrogens is 273 g/mol. The van der Waals surface area contributed by atoms with Gasteiger partial charge in [0.25, 0.3) is 0 Å². The fourth-order valence-corrected chi connectivity index (χ4v) is 2.87. The van der Waals surface area contributed by atoms with Gasteiger partial charge < -0.3 is 10.3 Å². The first-order chi connectivity index (χ1) is 9.63. The molecule has 2 rings (SSSR count). The number of unbranched alkanes of at least 4 members (excludes halogenated alkanes) is 3. The Bertz CT molecular complexity index is 580. The van der Waals surface area contributed by atoms with Crippen LogP contribution < -0.4 is 5.73 Å². The van der Waals surface area contributed by atoms with Gasteiger partial charge in [-0.25, -0.2) is 9.37 Å². The topological polar surface area (TPSA) is 43.8 Å². The van der Waals surface area contributed by atoms with E-state index < -0.39 is 0 Å². The molecule has 110 valence electrons. The molecule has 1 aromatic heterocycles. The molecule has 2 N–H and O–H groups in total. The zero-order valence-corrected chi connectivity index (χ0v) is 13.0. The number of aromatic nitrogens is 2. The van der Waals surface area contributed by atoms with Gasteiger partial charge in [-0.3, -0.25) is 0 Å². The molecule has 0 bridgehead atoms. The number of anilines is 1. The van der Waals surface area contributed by atoms with E-state index in [2.05, 4.69) is 11.2 Å². The highest BCUT2D eigenvalue weighted by Crippen LogP contribution is 2.22. The van der Waals surface area contributed by atoms with Crippen LogP contribution in [0.3, 0.4) is 0 Å². The molecule has 1 aromatic carbocycles. The quantitative estimate of drug-likeness (QED) is 0.785. The minimum absolute atomic E-state index is 0.223. The van der Waals surface area contributed by atoms with Crippen LogP contribution in [0.2, 0.25) is 0 Å². The van der Waals surface area contributed by atoms with E-state index in [1.54, 1.807) is 6.92 Å². The third-order valence-electron chi connectivity index (χ3n) is 3.54. The first kappa shape index (κ1) is 15.2. The fraction of sp³-hybridized carbons (Fsp3) is 0.533. The van der Waals surface area contributed by atoms with Crippen LogP contribution in [0.25, 0.3) is 11.0 Å². The molecule has 0 aliphatic rings. The van der Waals surface area contributed by atoms with Crippen molar-refractivity contribution in [1.82, 2.24) is 9.55 Å². The maximum atomic E-state index is 13.5. The van der Waals surface area contributed by atoms with Gasteiger partial charge in [0.1, 0.15) is 5.82 Å². The lowest BCUT2D eigenvalue weighted by atomic mass is 10.2. The van der Waals surface area contributed by atoms with Crippen molar-refractivity contribution in [2.45, 2.75) is 39.2 Å². The number of benzene rings is 1. The second kappa shape index (κ2) is 6.97. The van der Waals surface area contributed by atoms with E-state index in [0.717, 1.165) is 18.5 Å². The summed E-state index contributed by atoms with van der Waals surface area (Å²) in [6.07, 6.45) is 6.94. The Kier molecular flexibility index (Phi) is 5.29. The van der Waals surface area contributed by atoms with Crippen molar-refractivity contribution in [3.05, 3.63) is 23.5 Å². The van der Waals surface area contributed by atoms with Crippen molar-refractivity contribution >= 4 is 28.7 Å². The average molecular weight is 295 g/mol. The van der Waals surface area contributed by atoms with Gasteiger partial charge in [-0.1, -0.05) is 12.8 Å². The van der Waals surface area contributed by atoms with Gasteiger partial charge >= 0.3 is 0 Å². The molecule has 3 nitrogen and oxygen atoms in total. The molecule has 0 spiro atoms. The number of fused-ring (bicyclic) bond motifs is 1. The summed E-state index contributed by atoms with van der Waals surface area (Å²) < 4.78 is 15.5. The molecular formula is C15H22FN3S. The van der Waals surface area contributed by atoms with Crippen LogP contribution in [-0.4, -0.2) is 21.6 Å². The average Bonchev–Trinajstić information content (AvgIpc) is 2.70. The van der Waals surface area contributed by atoms with E-state index >= 15 is 0 Å². The number of rotatable bonds is 7. The van der Waals surface area contributed by atoms with Crippen LogP contribution in [0.4, 0.5) is 10.3 Å². The van der Waals surface area contributed by atoms with Crippen LogP contribution in [0.15, 0.2) is 12.1 Å². The van der Waals surface area contributed by atoms with Gasteiger partial charge in [0.05, 0.1) is 11.0 Å². The monoisotopic (exact) mass is 295 g/mol. The summed E-state index contributed by atoms with van der Waals surface area (Å²) in [7, 11) is 0. The summed E-state index contributed by atoms with van der Waals surface area (Å²) in [6.45, 7) is 2.62. The number of hydrogen-bond donors (Lipinski definition) is 1. The first-order valence-electron chi connectivity index (χ1n) is 7.04. The zero-order chi connectivity index (χ0) is 14.5. The van der Waals surface area contributed by atoms with E-state index in [9.17, 15) is 4.39 Å². The molecule has 0 saturated heterocycles. The van der Waals surface area contributed by atoms with Crippen molar-refractivity contribution < 1.29 is 4.39 Å². The first-order valence-corrected chi connectivity index (χ1v) is 8.43. The number of nitrogens with zero attached hydrogens (tertiary/aromatic N) is 2. The number of thioether (sulfide) groups is 1. The summed E-state index contributed by atoms with van der Waals surface area (Å²) in [5.74, 6) is 1.49. The van der Waals surface area contributed by atoms with Crippen molar-refractivity contribution in [3.63, 3.8) is 0 Å². The molecule has 0 radical (unpaired) electrons. The Morgan fingerprint density at radius 2 is 2.00 bits per heavy atom. The van der Waals surface area contributed by atoms with Gasteiger partial charge in [0.2, 0.25) is 5.95 Å². The van der Waals surface area contributed by atoms with E-state index in [0.29, 0.717) is 17.0 Å². The molecule has 0 saturated carbocycles. The zero-order valence-electron chi connectivity index (χ0n) is 12.2. The highest BCUT2D eigenvalue weighted by atomic mass is 32.2. The Hall–Kier alpha value is -1.23. The lowest BCUT2D eigenvalue weighted by Gasteiger charge is -2.07. The Morgan fingerprint density at radius 3 is 2.75 bits per heavy atom. The van der Waals surface area contributed by atoms with Gasteiger partial charge in [0.15, 0.2) is 0 Å². The Labute approximate surface area is 123 Å². The molecule has 20 heavy (non-hydrogen) atoms. The number of nitrogens with two attached hydrogens (primary N) is 1. The number of halogens is 1. The molecule has 5 heteroatoms. The van der Waals surface area contributed by atoms with E-state index in [1.165, 1.54) is 31.1 Å².